The fraction of sp³-hybridized carbons (Fsp3) is 0.182. The summed E-state index contributed by atoms with van der Waals surface area (Å²) >= 11 is 0. The van der Waals surface area contributed by atoms with Gasteiger partial charge in [0.05, 0.1) is 24.3 Å². The van der Waals surface area contributed by atoms with Gasteiger partial charge in [0, 0.05) is 11.4 Å². The molecule has 0 aliphatic carbocycles. The zero-order valence-corrected chi connectivity index (χ0v) is 17.2. The molecule has 0 atom stereocenters. The predicted octanol–water partition coefficient (Wildman–Crippen LogP) is 3.90. The Labute approximate surface area is 179 Å². The van der Waals surface area contributed by atoms with Crippen molar-refractivity contribution >= 4 is 40.6 Å². The number of esters is 2. The molecule has 0 fully saturated rings. The minimum absolute atomic E-state index is 0.269. The van der Waals surface area contributed by atoms with Gasteiger partial charge in [-0.3, -0.25) is 0 Å². The maximum absolute atomic E-state index is 11.9. The number of nitrogens with two attached hydrogens (primary N) is 1. The standard InChI is InChI=1S/C22H23N5O4/c1-3-30-21(28)14-7-5-9-16(11-14)26-19-18(23)20(25-13-24-19)27-17-10-6-8-15(12-17)22(29)31-4-2/h5-13H,3-4,23H2,1-2H3,(H2,24,25,26,27). The highest BCUT2D eigenvalue weighted by Gasteiger charge is 2.12. The molecule has 160 valence electrons. The van der Waals surface area contributed by atoms with Gasteiger partial charge < -0.3 is 25.8 Å². The molecule has 4 N–H and O–H groups in total. The van der Waals surface area contributed by atoms with E-state index in [2.05, 4.69) is 20.6 Å². The molecular weight excluding hydrogens is 398 g/mol. The summed E-state index contributed by atoms with van der Waals surface area (Å²) in [7, 11) is 0. The average molecular weight is 421 g/mol. The molecule has 0 unspecified atom stereocenters. The smallest absolute Gasteiger partial charge is 0.338 e. The molecule has 0 aliphatic heterocycles. The molecule has 0 radical (unpaired) electrons. The van der Waals surface area contributed by atoms with Crippen LogP contribution in [0.1, 0.15) is 34.6 Å². The molecule has 0 bridgehead atoms. The summed E-state index contributed by atoms with van der Waals surface area (Å²) in [6.07, 6.45) is 1.35. The number of nitrogens with zero attached hydrogens (tertiary/aromatic N) is 2. The third kappa shape index (κ3) is 5.47. The predicted molar refractivity (Wildman–Crippen MR) is 118 cm³/mol. The van der Waals surface area contributed by atoms with Crippen molar-refractivity contribution in [3.05, 3.63) is 66.0 Å². The summed E-state index contributed by atoms with van der Waals surface area (Å²) in [5.74, 6) is -0.101. The SMILES string of the molecule is CCOC(=O)c1cccc(Nc2ncnc(Nc3cccc(C(=O)OCC)c3)c2N)c1. The van der Waals surface area contributed by atoms with Crippen LogP contribution in [0, 0.1) is 0 Å². The fourth-order valence-electron chi connectivity index (χ4n) is 2.74. The van der Waals surface area contributed by atoms with Crippen LogP contribution in [0.5, 0.6) is 0 Å². The van der Waals surface area contributed by atoms with E-state index >= 15 is 0 Å². The Bertz CT molecular complexity index is 1010. The minimum atomic E-state index is -0.411. The summed E-state index contributed by atoms with van der Waals surface area (Å²) < 4.78 is 10.0. The summed E-state index contributed by atoms with van der Waals surface area (Å²) in [5.41, 5.74) is 8.56. The van der Waals surface area contributed by atoms with Gasteiger partial charge in [0.25, 0.3) is 0 Å². The first-order chi connectivity index (χ1) is 15.0. The highest BCUT2D eigenvalue weighted by atomic mass is 16.5. The summed E-state index contributed by atoms with van der Waals surface area (Å²) in [5, 5.41) is 6.17. The third-order valence-electron chi connectivity index (χ3n) is 4.16. The van der Waals surface area contributed by atoms with Gasteiger partial charge >= 0.3 is 11.9 Å². The zero-order chi connectivity index (χ0) is 22.2. The summed E-state index contributed by atoms with van der Waals surface area (Å²) in [6, 6.07) is 13.6. The van der Waals surface area contributed by atoms with Crippen molar-refractivity contribution in [1.82, 2.24) is 9.97 Å². The highest BCUT2D eigenvalue weighted by molar-refractivity contribution is 5.92. The first kappa shape index (κ1) is 21.6. The van der Waals surface area contributed by atoms with Crippen LogP contribution in [0.25, 0.3) is 0 Å². The second kappa shape index (κ2) is 10.1. The number of ether oxygens (including phenoxy) is 2. The summed E-state index contributed by atoms with van der Waals surface area (Å²) in [6.45, 7) is 4.08. The van der Waals surface area contributed by atoms with Crippen LogP contribution < -0.4 is 16.4 Å². The lowest BCUT2D eigenvalue weighted by Gasteiger charge is -2.13. The molecule has 0 spiro atoms. The Hall–Kier alpha value is -4.14. The lowest BCUT2D eigenvalue weighted by Crippen LogP contribution is -2.08. The van der Waals surface area contributed by atoms with Crippen molar-refractivity contribution in [3.63, 3.8) is 0 Å². The second-order valence-electron chi connectivity index (χ2n) is 6.34. The minimum Gasteiger partial charge on any atom is -0.462 e. The second-order valence-corrected chi connectivity index (χ2v) is 6.34. The lowest BCUT2D eigenvalue weighted by atomic mass is 10.2. The van der Waals surface area contributed by atoms with Crippen LogP contribution in [0.3, 0.4) is 0 Å². The number of nitrogens with one attached hydrogen (secondary N) is 2. The van der Waals surface area contributed by atoms with Gasteiger partial charge in [-0.15, -0.1) is 0 Å². The number of rotatable bonds is 8. The van der Waals surface area contributed by atoms with E-state index in [9.17, 15) is 9.59 Å². The topological polar surface area (TPSA) is 128 Å². The number of carbonyl (C=O) groups excluding carboxylic acids is 2. The van der Waals surface area contributed by atoms with Crippen LogP contribution in [0.15, 0.2) is 54.9 Å². The lowest BCUT2D eigenvalue weighted by molar-refractivity contribution is 0.0517. The van der Waals surface area contributed by atoms with Gasteiger partial charge in [0.1, 0.15) is 12.0 Å². The monoisotopic (exact) mass is 421 g/mol. The van der Waals surface area contributed by atoms with E-state index in [4.69, 9.17) is 15.2 Å². The van der Waals surface area contributed by atoms with Crippen LogP contribution >= 0.6 is 0 Å². The number of aromatic nitrogens is 2. The molecule has 0 saturated heterocycles. The largest absolute Gasteiger partial charge is 0.462 e. The van der Waals surface area contributed by atoms with Crippen LogP contribution in [-0.4, -0.2) is 35.1 Å². The summed E-state index contributed by atoms with van der Waals surface area (Å²) in [4.78, 5) is 32.3. The molecule has 3 rings (SSSR count). The van der Waals surface area contributed by atoms with E-state index in [1.165, 1.54) is 6.33 Å². The Kier molecular flexibility index (Phi) is 7.00. The molecule has 1 heterocycles. The van der Waals surface area contributed by atoms with E-state index < -0.39 is 11.9 Å². The molecule has 2 aromatic carbocycles. The van der Waals surface area contributed by atoms with E-state index in [0.717, 1.165) is 0 Å². The van der Waals surface area contributed by atoms with Crippen LogP contribution in [-0.2, 0) is 9.47 Å². The first-order valence-corrected chi connectivity index (χ1v) is 9.70. The highest BCUT2D eigenvalue weighted by Crippen LogP contribution is 2.28. The molecule has 9 heteroatoms. The van der Waals surface area contributed by atoms with Crippen LogP contribution in [0.4, 0.5) is 28.7 Å². The fourth-order valence-corrected chi connectivity index (χ4v) is 2.74. The quantitative estimate of drug-likeness (QED) is 0.464. The number of anilines is 5. The molecule has 1 aromatic heterocycles. The maximum Gasteiger partial charge on any atom is 0.338 e. The molecule has 0 amide bonds. The van der Waals surface area contributed by atoms with Crippen molar-refractivity contribution in [2.24, 2.45) is 0 Å². The van der Waals surface area contributed by atoms with Crippen molar-refractivity contribution in [2.75, 3.05) is 29.6 Å². The van der Waals surface area contributed by atoms with Crippen molar-refractivity contribution < 1.29 is 19.1 Å². The maximum atomic E-state index is 11.9. The number of benzene rings is 2. The van der Waals surface area contributed by atoms with Gasteiger partial charge in [-0.25, -0.2) is 19.6 Å². The van der Waals surface area contributed by atoms with E-state index in [1.54, 1.807) is 62.4 Å². The Morgan fingerprint density at radius 2 is 1.29 bits per heavy atom. The third-order valence-corrected chi connectivity index (χ3v) is 4.16. The van der Waals surface area contributed by atoms with Crippen molar-refractivity contribution in [3.8, 4) is 0 Å². The molecule has 9 nitrogen and oxygen atoms in total. The Morgan fingerprint density at radius 3 is 1.71 bits per heavy atom. The van der Waals surface area contributed by atoms with Crippen molar-refractivity contribution in [2.45, 2.75) is 13.8 Å². The van der Waals surface area contributed by atoms with Crippen LogP contribution in [0.2, 0.25) is 0 Å². The Morgan fingerprint density at radius 1 is 0.839 bits per heavy atom. The molecule has 31 heavy (non-hydrogen) atoms. The van der Waals surface area contributed by atoms with E-state index in [-0.39, 0.29) is 5.69 Å². The molecule has 0 saturated carbocycles. The first-order valence-electron chi connectivity index (χ1n) is 9.70. The average Bonchev–Trinajstić information content (AvgIpc) is 2.77. The van der Waals surface area contributed by atoms with Gasteiger partial charge in [0.2, 0.25) is 0 Å². The number of carbonyl (C=O) groups is 2. The zero-order valence-electron chi connectivity index (χ0n) is 17.2. The molecule has 0 aliphatic rings. The number of hydrogen-bond donors (Lipinski definition) is 3. The normalized spacial score (nSPS) is 10.3. The van der Waals surface area contributed by atoms with E-state index in [0.29, 0.717) is 47.4 Å². The van der Waals surface area contributed by atoms with Gasteiger partial charge in [0.15, 0.2) is 11.6 Å². The molecular formula is C22H23N5O4. The Balaban J connectivity index is 1.80. The number of nitrogen functional groups attached to an aromatic ring is 1. The van der Waals surface area contributed by atoms with Gasteiger partial charge in [-0.05, 0) is 50.2 Å². The van der Waals surface area contributed by atoms with Gasteiger partial charge in [-0.1, -0.05) is 12.1 Å². The van der Waals surface area contributed by atoms with Gasteiger partial charge in [-0.2, -0.15) is 0 Å². The van der Waals surface area contributed by atoms with Crippen molar-refractivity contribution in [1.29, 1.82) is 0 Å². The van der Waals surface area contributed by atoms with E-state index in [1.807, 2.05) is 0 Å². The molecule has 3 aromatic rings. The number of hydrogen-bond acceptors (Lipinski definition) is 9.